The van der Waals surface area contributed by atoms with Crippen molar-refractivity contribution in [1.29, 1.82) is 0 Å². The quantitative estimate of drug-likeness (QED) is 0.877. The zero-order valence-corrected chi connectivity index (χ0v) is 10.7. The molecule has 2 rings (SSSR count). The van der Waals surface area contributed by atoms with E-state index in [0.717, 1.165) is 5.56 Å². The topological polar surface area (TPSA) is 43.1 Å². The van der Waals surface area contributed by atoms with Crippen LogP contribution in [0.2, 0.25) is 0 Å². The second kappa shape index (κ2) is 5.05. The summed E-state index contributed by atoms with van der Waals surface area (Å²) >= 11 is 0. The van der Waals surface area contributed by atoms with E-state index in [1.54, 1.807) is 6.07 Å². The fourth-order valence-corrected chi connectivity index (χ4v) is 2.13. The van der Waals surface area contributed by atoms with Crippen molar-refractivity contribution in [2.45, 2.75) is 19.8 Å². The zero-order valence-electron chi connectivity index (χ0n) is 10.7. The number of amides is 1. The smallest absolute Gasteiger partial charge is 0.248 e. The van der Waals surface area contributed by atoms with Gasteiger partial charge in [-0.15, -0.1) is 0 Å². The Hall–Kier alpha value is -2.09. The van der Waals surface area contributed by atoms with Gasteiger partial charge in [0.15, 0.2) is 0 Å². The van der Waals surface area contributed by atoms with Crippen molar-refractivity contribution in [1.82, 2.24) is 0 Å². The molecule has 0 saturated carbocycles. The number of hydrogen-bond donors (Lipinski definition) is 1. The number of primary amides is 1. The first-order chi connectivity index (χ1) is 8.59. The van der Waals surface area contributed by atoms with E-state index in [1.165, 1.54) is 11.1 Å². The third kappa shape index (κ3) is 2.43. The molecule has 0 aliphatic carbocycles. The highest BCUT2D eigenvalue weighted by molar-refractivity contribution is 5.94. The largest absolute Gasteiger partial charge is 0.366 e. The molecular formula is C16H17NO. The predicted molar refractivity (Wildman–Crippen MR) is 73.7 cm³/mol. The fraction of sp³-hybridized carbons (Fsp3) is 0.188. The van der Waals surface area contributed by atoms with Crippen molar-refractivity contribution in [3.63, 3.8) is 0 Å². The fourth-order valence-electron chi connectivity index (χ4n) is 2.13. The van der Waals surface area contributed by atoms with Gasteiger partial charge in [0.1, 0.15) is 0 Å². The Morgan fingerprint density at radius 3 is 2.28 bits per heavy atom. The monoisotopic (exact) mass is 239 g/mol. The predicted octanol–water partition coefficient (Wildman–Crippen LogP) is 3.25. The highest BCUT2D eigenvalue weighted by Crippen LogP contribution is 2.26. The normalized spacial score (nSPS) is 12.1. The molecule has 0 aliphatic heterocycles. The summed E-state index contributed by atoms with van der Waals surface area (Å²) in [7, 11) is 0. The number of nitrogens with two attached hydrogens (primary N) is 1. The molecule has 92 valence electrons. The maximum atomic E-state index is 11.4. The van der Waals surface area contributed by atoms with E-state index in [0.29, 0.717) is 5.56 Å². The van der Waals surface area contributed by atoms with E-state index in [-0.39, 0.29) is 11.8 Å². The van der Waals surface area contributed by atoms with Gasteiger partial charge in [-0.2, -0.15) is 0 Å². The Morgan fingerprint density at radius 1 is 1.06 bits per heavy atom. The van der Waals surface area contributed by atoms with Crippen molar-refractivity contribution in [3.05, 3.63) is 70.8 Å². The van der Waals surface area contributed by atoms with E-state index in [9.17, 15) is 4.79 Å². The minimum absolute atomic E-state index is 0.161. The van der Waals surface area contributed by atoms with Crippen LogP contribution in [0, 0.1) is 6.92 Å². The molecular weight excluding hydrogens is 222 g/mol. The molecule has 0 aliphatic rings. The van der Waals surface area contributed by atoms with E-state index >= 15 is 0 Å². The summed E-state index contributed by atoms with van der Waals surface area (Å²) in [6, 6.07) is 15.9. The summed E-state index contributed by atoms with van der Waals surface area (Å²) in [6.45, 7) is 4.15. The molecule has 0 bridgehead atoms. The van der Waals surface area contributed by atoms with Gasteiger partial charge < -0.3 is 5.73 Å². The summed E-state index contributed by atoms with van der Waals surface area (Å²) in [5.41, 5.74) is 9.42. The van der Waals surface area contributed by atoms with Crippen molar-refractivity contribution < 1.29 is 4.79 Å². The van der Waals surface area contributed by atoms with E-state index < -0.39 is 0 Å². The molecule has 18 heavy (non-hydrogen) atoms. The zero-order chi connectivity index (χ0) is 13.1. The van der Waals surface area contributed by atoms with Gasteiger partial charge in [0.2, 0.25) is 5.91 Å². The van der Waals surface area contributed by atoms with Gasteiger partial charge in [-0.25, -0.2) is 0 Å². The van der Waals surface area contributed by atoms with Crippen molar-refractivity contribution >= 4 is 5.91 Å². The first-order valence-corrected chi connectivity index (χ1v) is 6.05. The van der Waals surface area contributed by atoms with Crippen LogP contribution in [0.25, 0.3) is 0 Å². The van der Waals surface area contributed by atoms with Gasteiger partial charge in [-0.3, -0.25) is 4.79 Å². The van der Waals surface area contributed by atoms with Crippen LogP contribution in [0.15, 0.2) is 48.5 Å². The summed E-state index contributed by atoms with van der Waals surface area (Å²) in [5, 5.41) is 0. The Bertz CT molecular complexity index is 558. The molecule has 0 aromatic heterocycles. The molecule has 2 aromatic rings. The molecule has 0 saturated heterocycles. The van der Waals surface area contributed by atoms with Crippen molar-refractivity contribution in [2.24, 2.45) is 5.73 Å². The Kier molecular flexibility index (Phi) is 3.47. The molecule has 0 radical (unpaired) electrons. The molecule has 0 fully saturated rings. The van der Waals surface area contributed by atoms with Crippen LogP contribution in [0.1, 0.15) is 39.9 Å². The van der Waals surface area contributed by atoms with Gasteiger partial charge in [0, 0.05) is 11.5 Å². The van der Waals surface area contributed by atoms with Crippen molar-refractivity contribution in [2.75, 3.05) is 0 Å². The Morgan fingerprint density at radius 2 is 1.67 bits per heavy atom. The van der Waals surface area contributed by atoms with Gasteiger partial charge >= 0.3 is 0 Å². The summed E-state index contributed by atoms with van der Waals surface area (Å²) < 4.78 is 0. The molecule has 2 N–H and O–H groups in total. The highest BCUT2D eigenvalue weighted by atomic mass is 16.1. The maximum Gasteiger partial charge on any atom is 0.248 e. The summed E-state index contributed by atoms with van der Waals surface area (Å²) in [4.78, 5) is 11.4. The first-order valence-electron chi connectivity index (χ1n) is 6.05. The van der Waals surface area contributed by atoms with Gasteiger partial charge in [0.05, 0.1) is 0 Å². The molecule has 0 heterocycles. The van der Waals surface area contributed by atoms with Crippen molar-refractivity contribution in [3.8, 4) is 0 Å². The summed E-state index contributed by atoms with van der Waals surface area (Å²) in [6.07, 6.45) is 0. The lowest BCUT2D eigenvalue weighted by atomic mass is 9.89. The first kappa shape index (κ1) is 12.4. The number of carbonyl (C=O) groups excluding carboxylic acids is 1. The van der Waals surface area contributed by atoms with Gasteiger partial charge in [-0.1, -0.05) is 55.0 Å². The molecule has 2 aromatic carbocycles. The molecule has 1 unspecified atom stereocenters. The van der Waals surface area contributed by atoms with Crippen LogP contribution in [-0.2, 0) is 0 Å². The van der Waals surface area contributed by atoms with Crippen LogP contribution in [0.3, 0.4) is 0 Å². The number of hydrogen-bond acceptors (Lipinski definition) is 1. The Balaban J connectivity index is 2.42. The molecule has 0 spiro atoms. The molecule has 1 amide bonds. The average Bonchev–Trinajstić information content (AvgIpc) is 2.39. The van der Waals surface area contributed by atoms with Gasteiger partial charge in [-0.05, 0) is 24.1 Å². The lowest BCUT2D eigenvalue weighted by molar-refractivity contribution is 0.0999. The third-order valence-electron chi connectivity index (χ3n) is 3.27. The number of rotatable bonds is 3. The minimum Gasteiger partial charge on any atom is -0.366 e. The number of aryl methyl sites for hydroxylation is 1. The van der Waals surface area contributed by atoms with Crippen LogP contribution in [0.5, 0.6) is 0 Å². The van der Waals surface area contributed by atoms with Crippen LogP contribution in [0.4, 0.5) is 0 Å². The van der Waals surface area contributed by atoms with Crippen LogP contribution < -0.4 is 5.73 Å². The second-order valence-corrected chi connectivity index (χ2v) is 4.58. The standard InChI is InChI=1S/C16H17NO/c1-11-7-9-13(10-8-11)12(2)14-5-3-4-6-15(14)16(17)18/h3-10,12H,1-2H3,(H2,17,18). The maximum absolute atomic E-state index is 11.4. The molecule has 2 heteroatoms. The Labute approximate surface area is 107 Å². The van der Waals surface area contributed by atoms with Crippen LogP contribution >= 0.6 is 0 Å². The van der Waals surface area contributed by atoms with Gasteiger partial charge in [0.25, 0.3) is 0 Å². The van der Waals surface area contributed by atoms with E-state index in [1.807, 2.05) is 18.2 Å². The SMILES string of the molecule is Cc1ccc(C(C)c2ccccc2C(N)=O)cc1. The minimum atomic E-state index is -0.371. The average molecular weight is 239 g/mol. The van der Waals surface area contributed by atoms with Crippen LogP contribution in [-0.4, -0.2) is 5.91 Å². The second-order valence-electron chi connectivity index (χ2n) is 4.58. The van der Waals surface area contributed by atoms with E-state index in [4.69, 9.17) is 5.73 Å². The lowest BCUT2D eigenvalue weighted by Crippen LogP contribution is -2.15. The summed E-state index contributed by atoms with van der Waals surface area (Å²) in [5.74, 6) is -0.209. The molecule has 1 atom stereocenters. The molecule has 2 nitrogen and oxygen atoms in total. The number of carbonyl (C=O) groups is 1. The highest BCUT2D eigenvalue weighted by Gasteiger charge is 2.14. The van der Waals surface area contributed by atoms with E-state index in [2.05, 4.69) is 38.1 Å². The third-order valence-corrected chi connectivity index (χ3v) is 3.27. The number of benzene rings is 2. The lowest BCUT2D eigenvalue weighted by Gasteiger charge is -2.15.